The van der Waals surface area contributed by atoms with Crippen molar-refractivity contribution in [2.75, 3.05) is 5.32 Å². The Morgan fingerprint density at radius 1 is 1.21 bits per heavy atom. The van der Waals surface area contributed by atoms with Gasteiger partial charge in [0.25, 0.3) is 0 Å². The second-order valence-electron chi connectivity index (χ2n) is 5.07. The fourth-order valence-electron chi connectivity index (χ4n) is 2.66. The van der Waals surface area contributed by atoms with E-state index in [2.05, 4.69) is 52.4 Å². The van der Waals surface area contributed by atoms with Crippen molar-refractivity contribution in [1.29, 1.82) is 0 Å². The molecule has 0 aromatic heterocycles. The number of anilines is 1. The highest BCUT2D eigenvalue weighted by atomic mass is 79.9. The van der Waals surface area contributed by atoms with Gasteiger partial charge in [0.2, 0.25) is 0 Å². The molecule has 1 atom stereocenters. The van der Waals surface area contributed by atoms with Gasteiger partial charge in [-0.25, -0.2) is 0 Å². The number of fused-ring (bicyclic) bond motifs is 1. The molecule has 0 heterocycles. The Balaban J connectivity index is 1.86. The quantitative estimate of drug-likeness (QED) is 0.762. The molecular formula is C16H15BrClN. The number of aryl methyl sites for hydroxylation is 2. The third-order valence-electron chi connectivity index (χ3n) is 3.64. The Morgan fingerprint density at radius 3 is 2.84 bits per heavy atom. The molecule has 2 aromatic carbocycles. The highest BCUT2D eigenvalue weighted by molar-refractivity contribution is 9.10. The van der Waals surface area contributed by atoms with Crippen LogP contribution in [-0.4, -0.2) is 0 Å². The van der Waals surface area contributed by atoms with Crippen molar-refractivity contribution in [2.24, 2.45) is 0 Å². The van der Waals surface area contributed by atoms with Gasteiger partial charge in [0, 0.05) is 10.2 Å². The van der Waals surface area contributed by atoms with Gasteiger partial charge < -0.3 is 5.32 Å². The van der Waals surface area contributed by atoms with Gasteiger partial charge in [0.15, 0.2) is 0 Å². The summed E-state index contributed by atoms with van der Waals surface area (Å²) in [4.78, 5) is 0. The summed E-state index contributed by atoms with van der Waals surface area (Å²) in [6.07, 6.45) is 2.30. The summed E-state index contributed by atoms with van der Waals surface area (Å²) in [5.41, 5.74) is 5.29. The van der Waals surface area contributed by atoms with Crippen molar-refractivity contribution in [2.45, 2.75) is 25.8 Å². The van der Waals surface area contributed by atoms with Crippen LogP contribution in [0.5, 0.6) is 0 Å². The summed E-state index contributed by atoms with van der Waals surface area (Å²) in [5, 5.41) is 4.33. The van der Waals surface area contributed by atoms with E-state index in [9.17, 15) is 0 Å². The van der Waals surface area contributed by atoms with Crippen LogP contribution in [0.4, 0.5) is 5.69 Å². The molecule has 0 spiro atoms. The van der Waals surface area contributed by atoms with Gasteiger partial charge in [-0.1, -0.05) is 35.4 Å². The Morgan fingerprint density at radius 2 is 2.05 bits per heavy atom. The smallest absolute Gasteiger partial charge is 0.0568 e. The predicted octanol–water partition coefficient (Wildman–Crippen LogP) is 5.51. The first-order valence-electron chi connectivity index (χ1n) is 6.44. The van der Waals surface area contributed by atoms with Crippen LogP contribution in [-0.2, 0) is 6.42 Å². The lowest BCUT2D eigenvalue weighted by Gasteiger charge is -2.16. The second kappa shape index (κ2) is 5.18. The number of nitrogens with one attached hydrogen (secondary N) is 1. The fraction of sp³-hybridized carbons (Fsp3) is 0.250. The lowest BCUT2D eigenvalue weighted by molar-refractivity contribution is 0.762. The molecule has 1 aliphatic carbocycles. The highest BCUT2D eigenvalue weighted by Gasteiger charge is 2.22. The highest BCUT2D eigenvalue weighted by Crippen LogP contribution is 2.35. The van der Waals surface area contributed by atoms with Crippen LogP contribution in [0.25, 0.3) is 0 Å². The third-order valence-corrected chi connectivity index (χ3v) is 4.87. The van der Waals surface area contributed by atoms with Crippen LogP contribution in [0, 0.1) is 6.92 Å². The first-order chi connectivity index (χ1) is 9.13. The van der Waals surface area contributed by atoms with Crippen molar-refractivity contribution in [1.82, 2.24) is 0 Å². The zero-order valence-corrected chi connectivity index (χ0v) is 13.1. The van der Waals surface area contributed by atoms with E-state index in [1.54, 1.807) is 0 Å². The lowest BCUT2D eigenvalue weighted by atomic mass is 10.0. The van der Waals surface area contributed by atoms with Crippen molar-refractivity contribution < 1.29 is 0 Å². The van der Waals surface area contributed by atoms with E-state index in [-0.39, 0.29) is 0 Å². The molecule has 1 nitrogen and oxygen atoms in total. The first-order valence-corrected chi connectivity index (χ1v) is 7.61. The van der Waals surface area contributed by atoms with Crippen molar-refractivity contribution in [3.8, 4) is 0 Å². The summed E-state index contributed by atoms with van der Waals surface area (Å²) >= 11 is 9.56. The first kappa shape index (κ1) is 13.0. The van der Waals surface area contributed by atoms with E-state index in [1.165, 1.54) is 16.7 Å². The maximum absolute atomic E-state index is 6.14. The molecule has 3 rings (SSSR count). The maximum atomic E-state index is 6.14. The number of benzene rings is 2. The van der Waals surface area contributed by atoms with E-state index < -0.39 is 0 Å². The SMILES string of the molecule is Cc1ccc2c(c1)C(Nc1ccc(Br)c(Cl)c1)CC2. The number of hydrogen-bond donors (Lipinski definition) is 1. The van der Waals surface area contributed by atoms with Gasteiger partial charge in [-0.3, -0.25) is 0 Å². The molecule has 19 heavy (non-hydrogen) atoms. The molecule has 1 aliphatic rings. The minimum atomic E-state index is 0.396. The summed E-state index contributed by atoms with van der Waals surface area (Å²) in [6.45, 7) is 2.14. The van der Waals surface area contributed by atoms with E-state index >= 15 is 0 Å². The van der Waals surface area contributed by atoms with Gasteiger partial charge in [0.05, 0.1) is 11.1 Å². The lowest BCUT2D eigenvalue weighted by Crippen LogP contribution is -2.07. The largest absolute Gasteiger partial charge is 0.378 e. The molecule has 0 aliphatic heterocycles. The average Bonchev–Trinajstić information content (AvgIpc) is 2.77. The molecule has 2 aromatic rings. The van der Waals surface area contributed by atoms with Crippen molar-refractivity contribution in [3.05, 3.63) is 62.6 Å². The number of hydrogen-bond acceptors (Lipinski definition) is 1. The summed E-state index contributed by atoms with van der Waals surface area (Å²) in [7, 11) is 0. The number of halogens is 2. The number of rotatable bonds is 2. The van der Waals surface area contributed by atoms with Crippen molar-refractivity contribution in [3.63, 3.8) is 0 Å². The van der Waals surface area contributed by atoms with Crippen LogP contribution < -0.4 is 5.32 Å². The third kappa shape index (κ3) is 2.65. The standard InChI is InChI=1S/C16H15BrClN/c1-10-2-3-11-4-7-16(13(11)8-10)19-12-5-6-14(17)15(18)9-12/h2-3,5-6,8-9,16,19H,4,7H2,1H3. The zero-order chi connectivity index (χ0) is 13.4. The summed E-state index contributed by atoms with van der Waals surface area (Å²) in [5.74, 6) is 0. The average molecular weight is 337 g/mol. The fourth-order valence-corrected chi connectivity index (χ4v) is 3.09. The minimum Gasteiger partial charge on any atom is -0.378 e. The molecule has 0 amide bonds. The van der Waals surface area contributed by atoms with Gasteiger partial charge in [-0.05, 0) is 65.0 Å². The molecule has 0 bridgehead atoms. The van der Waals surface area contributed by atoms with Crippen LogP contribution in [0.1, 0.15) is 29.2 Å². The Kier molecular flexibility index (Phi) is 3.55. The zero-order valence-electron chi connectivity index (χ0n) is 10.7. The van der Waals surface area contributed by atoms with Crippen LogP contribution >= 0.6 is 27.5 Å². The molecular weight excluding hydrogens is 322 g/mol. The Labute approximate surface area is 127 Å². The van der Waals surface area contributed by atoms with Gasteiger partial charge in [0.1, 0.15) is 0 Å². The summed E-state index contributed by atoms with van der Waals surface area (Å²) < 4.78 is 0.933. The molecule has 98 valence electrons. The van der Waals surface area contributed by atoms with Gasteiger partial charge in [-0.2, -0.15) is 0 Å². The molecule has 0 radical (unpaired) electrons. The molecule has 0 fully saturated rings. The normalized spacial score (nSPS) is 17.3. The van der Waals surface area contributed by atoms with E-state index in [0.29, 0.717) is 6.04 Å². The van der Waals surface area contributed by atoms with Gasteiger partial charge >= 0.3 is 0 Å². The summed E-state index contributed by atoms with van der Waals surface area (Å²) in [6, 6.07) is 13.1. The second-order valence-corrected chi connectivity index (χ2v) is 6.33. The molecule has 1 unspecified atom stereocenters. The molecule has 0 saturated heterocycles. The Bertz CT molecular complexity index is 624. The van der Waals surface area contributed by atoms with E-state index in [1.807, 2.05) is 12.1 Å². The van der Waals surface area contributed by atoms with Crippen LogP contribution in [0.15, 0.2) is 40.9 Å². The predicted molar refractivity (Wildman–Crippen MR) is 85.0 cm³/mol. The minimum absolute atomic E-state index is 0.396. The van der Waals surface area contributed by atoms with Gasteiger partial charge in [-0.15, -0.1) is 0 Å². The topological polar surface area (TPSA) is 12.0 Å². The Hall–Kier alpha value is -0.990. The van der Waals surface area contributed by atoms with E-state index in [0.717, 1.165) is 28.0 Å². The van der Waals surface area contributed by atoms with Crippen molar-refractivity contribution >= 4 is 33.2 Å². The van der Waals surface area contributed by atoms with E-state index in [4.69, 9.17) is 11.6 Å². The van der Waals surface area contributed by atoms with Crippen LogP contribution in [0.3, 0.4) is 0 Å². The molecule has 3 heteroatoms. The van der Waals surface area contributed by atoms with Crippen LogP contribution in [0.2, 0.25) is 5.02 Å². The monoisotopic (exact) mass is 335 g/mol. The molecule has 0 saturated carbocycles. The molecule has 1 N–H and O–H groups in total. The maximum Gasteiger partial charge on any atom is 0.0568 e.